The Morgan fingerprint density at radius 3 is 2.81 bits per heavy atom. The first kappa shape index (κ1) is 28.0. The molecule has 2 rings (SSSR count). The summed E-state index contributed by atoms with van der Waals surface area (Å²) in [6, 6.07) is 6.81. The third-order valence-corrected chi connectivity index (χ3v) is 6.03. The molecule has 1 aromatic rings. The van der Waals surface area contributed by atoms with Crippen molar-refractivity contribution in [3.63, 3.8) is 0 Å². The number of ether oxygens (including phenoxy) is 3. The highest BCUT2D eigenvalue weighted by Gasteiger charge is 2.15. The van der Waals surface area contributed by atoms with E-state index in [1.165, 1.54) is 7.11 Å². The number of methoxy groups -OCH3 is 1. The van der Waals surface area contributed by atoms with Crippen LogP contribution in [0.3, 0.4) is 0 Å². The van der Waals surface area contributed by atoms with Gasteiger partial charge in [-0.25, -0.2) is 13.1 Å². The third kappa shape index (κ3) is 10.9. The van der Waals surface area contributed by atoms with Gasteiger partial charge in [0.2, 0.25) is 10.0 Å². The van der Waals surface area contributed by atoms with E-state index in [2.05, 4.69) is 20.3 Å². The second kappa shape index (κ2) is 15.8. The molecule has 0 bridgehead atoms. The average molecular weight is 570 g/mol. The minimum atomic E-state index is -3.55. The summed E-state index contributed by atoms with van der Waals surface area (Å²) in [4.78, 5) is 4.42. The standard InChI is InChI=1S/C20H34N4O5S.HI/c1-21-20(22-9-5-11-28-16-18-7-4-12-29-18)23-15-17-6-3-8-19(14-17)30(25,26)24-10-13-27-2;/h3,6,8,14,18,24H,4-5,7,9-13,15-16H2,1-2H3,(H2,21,22,23);1H. The summed E-state index contributed by atoms with van der Waals surface area (Å²) in [7, 11) is -0.329. The van der Waals surface area contributed by atoms with Crippen molar-refractivity contribution in [1.29, 1.82) is 0 Å². The number of guanidine groups is 1. The maximum Gasteiger partial charge on any atom is 0.240 e. The van der Waals surface area contributed by atoms with E-state index in [4.69, 9.17) is 14.2 Å². The molecule has 3 N–H and O–H groups in total. The minimum absolute atomic E-state index is 0. The molecule has 1 aromatic carbocycles. The summed E-state index contributed by atoms with van der Waals surface area (Å²) in [5.74, 6) is 0.653. The van der Waals surface area contributed by atoms with E-state index in [9.17, 15) is 8.42 Å². The van der Waals surface area contributed by atoms with Crippen molar-refractivity contribution in [2.75, 3.05) is 53.7 Å². The number of halogens is 1. The number of aliphatic imine (C=N–C) groups is 1. The first-order chi connectivity index (χ1) is 14.5. The summed E-state index contributed by atoms with van der Waals surface area (Å²) < 4.78 is 43.2. The molecular weight excluding hydrogens is 535 g/mol. The van der Waals surface area contributed by atoms with Crippen LogP contribution in [0.4, 0.5) is 0 Å². The second-order valence-electron chi connectivity index (χ2n) is 6.95. The number of nitrogens with zero attached hydrogens (tertiary/aromatic N) is 1. The van der Waals surface area contributed by atoms with Crippen molar-refractivity contribution in [3.05, 3.63) is 29.8 Å². The fourth-order valence-corrected chi connectivity index (χ4v) is 4.04. The van der Waals surface area contributed by atoms with Gasteiger partial charge < -0.3 is 24.8 Å². The number of hydrogen-bond donors (Lipinski definition) is 3. The molecule has 178 valence electrons. The zero-order valence-corrected chi connectivity index (χ0v) is 21.4. The van der Waals surface area contributed by atoms with Crippen molar-refractivity contribution < 1.29 is 22.6 Å². The van der Waals surface area contributed by atoms with Gasteiger partial charge >= 0.3 is 0 Å². The smallest absolute Gasteiger partial charge is 0.240 e. The Morgan fingerprint density at radius 1 is 1.26 bits per heavy atom. The van der Waals surface area contributed by atoms with Gasteiger partial charge in [0, 0.05) is 47.0 Å². The normalized spacial score (nSPS) is 16.7. The van der Waals surface area contributed by atoms with Crippen LogP contribution in [-0.4, -0.2) is 74.2 Å². The van der Waals surface area contributed by atoms with Crippen LogP contribution in [0, 0.1) is 0 Å². The predicted molar refractivity (Wildman–Crippen MR) is 132 cm³/mol. The quantitative estimate of drug-likeness (QED) is 0.143. The van der Waals surface area contributed by atoms with Crippen LogP contribution in [0.5, 0.6) is 0 Å². The number of sulfonamides is 1. The van der Waals surface area contributed by atoms with Crippen molar-refractivity contribution in [2.45, 2.75) is 36.8 Å². The molecule has 1 aliphatic heterocycles. The fraction of sp³-hybridized carbons (Fsp3) is 0.650. The molecular formula is C20H35IN4O5S. The number of benzene rings is 1. The molecule has 1 fully saturated rings. The summed E-state index contributed by atoms with van der Waals surface area (Å²) >= 11 is 0. The Hall–Kier alpha value is -0.990. The van der Waals surface area contributed by atoms with E-state index >= 15 is 0 Å². The van der Waals surface area contributed by atoms with Crippen LogP contribution in [0.1, 0.15) is 24.8 Å². The molecule has 0 spiro atoms. The zero-order chi connectivity index (χ0) is 21.7. The molecule has 0 radical (unpaired) electrons. The summed E-state index contributed by atoms with van der Waals surface area (Å²) in [6.07, 6.45) is 3.31. The zero-order valence-electron chi connectivity index (χ0n) is 18.3. The molecule has 1 saturated heterocycles. The van der Waals surface area contributed by atoms with Crippen LogP contribution >= 0.6 is 24.0 Å². The molecule has 31 heavy (non-hydrogen) atoms. The van der Waals surface area contributed by atoms with Gasteiger partial charge in [-0.3, -0.25) is 4.99 Å². The van der Waals surface area contributed by atoms with Crippen molar-refractivity contribution in [2.24, 2.45) is 4.99 Å². The summed E-state index contributed by atoms with van der Waals surface area (Å²) in [5.41, 5.74) is 0.840. The Balaban J connectivity index is 0.00000480. The lowest BCUT2D eigenvalue weighted by Crippen LogP contribution is -2.37. The van der Waals surface area contributed by atoms with E-state index in [1.807, 2.05) is 6.07 Å². The summed E-state index contributed by atoms with van der Waals surface area (Å²) in [5, 5.41) is 6.43. The van der Waals surface area contributed by atoms with Gasteiger partial charge in [-0.05, 0) is 37.0 Å². The molecule has 1 heterocycles. The average Bonchev–Trinajstić information content (AvgIpc) is 3.26. The van der Waals surface area contributed by atoms with Crippen LogP contribution in [0.25, 0.3) is 0 Å². The molecule has 9 nitrogen and oxygen atoms in total. The minimum Gasteiger partial charge on any atom is -0.383 e. The second-order valence-corrected chi connectivity index (χ2v) is 8.72. The lowest BCUT2D eigenvalue weighted by Gasteiger charge is -2.13. The maximum atomic E-state index is 12.3. The van der Waals surface area contributed by atoms with E-state index in [0.29, 0.717) is 32.3 Å². The number of rotatable bonds is 13. The Kier molecular flexibility index (Phi) is 14.3. The lowest BCUT2D eigenvalue weighted by molar-refractivity contribution is 0.0168. The molecule has 0 amide bonds. The van der Waals surface area contributed by atoms with E-state index in [1.54, 1.807) is 25.2 Å². The summed E-state index contributed by atoms with van der Waals surface area (Å²) in [6.45, 7) is 3.90. The van der Waals surface area contributed by atoms with E-state index < -0.39 is 10.0 Å². The predicted octanol–water partition coefficient (Wildman–Crippen LogP) is 1.48. The van der Waals surface area contributed by atoms with Crippen LogP contribution < -0.4 is 15.4 Å². The maximum absolute atomic E-state index is 12.3. The first-order valence-corrected chi connectivity index (χ1v) is 11.7. The number of nitrogens with one attached hydrogen (secondary N) is 3. The van der Waals surface area contributed by atoms with Crippen molar-refractivity contribution in [1.82, 2.24) is 15.4 Å². The lowest BCUT2D eigenvalue weighted by atomic mass is 10.2. The Morgan fingerprint density at radius 2 is 2.10 bits per heavy atom. The van der Waals surface area contributed by atoms with Gasteiger partial charge in [-0.2, -0.15) is 0 Å². The number of hydrogen-bond acceptors (Lipinski definition) is 6. The van der Waals surface area contributed by atoms with Crippen LogP contribution in [-0.2, 0) is 30.8 Å². The molecule has 1 atom stereocenters. The molecule has 1 unspecified atom stereocenters. The Bertz CT molecular complexity index is 758. The molecule has 0 aromatic heterocycles. The van der Waals surface area contributed by atoms with Gasteiger partial charge in [0.1, 0.15) is 0 Å². The van der Waals surface area contributed by atoms with Crippen molar-refractivity contribution >= 4 is 40.0 Å². The van der Waals surface area contributed by atoms with Crippen LogP contribution in [0.15, 0.2) is 34.2 Å². The topological polar surface area (TPSA) is 110 Å². The first-order valence-electron chi connectivity index (χ1n) is 10.3. The molecule has 0 saturated carbocycles. The third-order valence-electron chi connectivity index (χ3n) is 4.58. The van der Waals surface area contributed by atoms with Gasteiger partial charge in [0.05, 0.1) is 24.2 Å². The van der Waals surface area contributed by atoms with E-state index in [-0.39, 0.29) is 41.5 Å². The monoisotopic (exact) mass is 570 g/mol. The highest BCUT2D eigenvalue weighted by Crippen LogP contribution is 2.12. The largest absolute Gasteiger partial charge is 0.383 e. The highest BCUT2D eigenvalue weighted by molar-refractivity contribution is 14.0. The Labute approximate surface area is 202 Å². The SMILES string of the molecule is CN=C(NCCCOCC1CCCO1)NCc1cccc(S(=O)(=O)NCCOC)c1.I. The molecule has 1 aliphatic rings. The van der Waals surface area contributed by atoms with Gasteiger partial charge in [0.15, 0.2) is 5.96 Å². The fourth-order valence-electron chi connectivity index (χ4n) is 2.96. The van der Waals surface area contributed by atoms with Gasteiger partial charge in [0.25, 0.3) is 0 Å². The van der Waals surface area contributed by atoms with Gasteiger partial charge in [-0.1, -0.05) is 12.1 Å². The molecule has 11 heteroatoms. The van der Waals surface area contributed by atoms with E-state index in [0.717, 1.165) is 38.0 Å². The highest BCUT2D eigenvalue weighted by atomic mass is 127. The van der Waals surface area contributed by atoms with Crippen molar-refractivity contribution in [3.8, 4) is 0 Å². The van der Waals surface area contributed by atoms with Gasteiger partial charge in [-0.15, -0.1) is 24.0 Å². The van der Waals surface area contributed by atoms with Crippen LogP contribution in [0.2, 0.25) is 0 Å². The molecule has 0 aliphatic carbocycles.